The van der Waals surface area contributed by atoms with Gasteiger partial charge in [0.1, 0.15) is 6.20 Å². The second-order valence-corrected chi connectivity index (χ2v) is 3.43. The fraction of sp³-hybridized carbons (Fsp3) is 0.333. The summed E-state index contributed by atoms with van der Waals surface area (Å²) in [4.78, 5) is 24.6. The lowest BCUT2D eigenvalue weighted by molar-refractivity contribution is -0.380. The molecule has 1 rings (SSSR count). The molecule has 15 heavy (non-hydrogen) atoms. The number of nitro groups is 1. The molecule has 0 aliphatic rings. The van der Waals surface area contributed by atoms with E-state index in [2.05, 4.69) is 10.3 Å². The van der Waals surface area contributed by atoms with E-state index in [-0.39, 0.29) is 10.1 Å². The molecule has 0 aliphatic heterocycles. The lowest BCUT2D eigenvalue weighted by Crippen LogP contribution is -2.44. The quantitative estimate of drug-likeness (QED) is 0.339. The number of urea groups is 1. The normalized spacial score (nSPS) is 9.73. The highest BCUT2D eigenvalue weighted by molar-refractivity contribution is 7.18. The monoisotopic (exact) mass is 231 g/mol. The zero-order valence-electron chi connectivity index (χ0n) is 7.84. The maximum atomic E-state index is 11.2. The van der Waals surface area contributed by atoms with Crippen molar-refractivity contribution < 1.29 is 9.72 Å². The summed E-state index contributed by atoms with van der Waals surface area (Å²) in [5.41, 5.74) is 0. The third kappa shape index (κ3) is 2.60. The van der Waals surface area contributed by atoms with Crippen molar-refractivity contribution in [2.24, 2.45) is 5.84 Å². The van der Waals surface area contributed by atoms with E-state index in [1.165, 1.54) is 0 Å². The number of nitrogens with two attached hydrogens (primary N) is 1. The van der Waals surface area contributed by atoms with E-state index in [9.17, 15) is 14.9 Å². The van der Waals surface area contributed by atoms with E-state index >= 15 is 0 Å². The molecule has 1 heterocycles. The number of rotatable bonds is 3. The number of anilines is 1. The number of aromatic nitrogens is 1. The molecule has 0 aliphatic carbocycles. The highest BCUT2D eigenvalue weighted by atomic mass is 32.1. The van der Waals surface area contributed by atoms with Crippen LogP contribution in [0.5, 0.6) is 0 Å². The molecule has 9 heteroatoms. The third-order valence-corrected chi connectivity index (χ3v) is 2.36. The molecule has 82 valence electrons. The zero-order chi connectivity index (χ0) is 11.4. The van der Waals surface area contributed by atoms with Gasteiger partial charge in [0.15, 0.2) is 0 Å². The van der Waals surface area contributed by atoms with Crippen LogP contribution in [-0.4, -0.2) is 22.5 Å². The van der Waals surface area contributed by atoms with Crippen molar-refractivity contribution in [1.29, 1.82) is 0 Å². The van der Waals surface area contributed by atoms with Crippen molar-refractivity contribution in [1.82, 2.24) is 10.3 Å². The topological polar surface area (TPSA) is 114 Å². The number of carbonyl (C=O) groups excluding carboxylic acids is 1. The maximum absolute atomic E-state index is 11.2. The molecule has 0 aromatic carbocycles. The molecule has 8 nitrogen and oxygen atoms in total. The van der Waals surface area contributed by atoms with Crippen LogP contribution in [-0.2, 0) is 0 Å². The number of hydrogen-bond acceptors (Lipinski definition) is 6. The summed E-state index contributed by atoms with van der Waals surface area (Å²) in [5, 5.41) is 13.4. The molecular weight excluding hydrogens is 222 g/mol. The molecule has 0 spiro atoms. The molecule has 2 amide bonds. The Hall–Kier alpha value is -1.74. The molecule has 0 unspecified atom stereocenters. The first-order chi connectivity index (χ1) is 7.06. The van der Waals surface area contributed by atoms with Gasteiger partial charge in [-0.1, -0.05) is 0 Å². The SMILES string of the molecule is CCNC(=O)N(N)c1ncc([N+](=O)[O-])s1. The largest absolute Gasteiger partial charge is 0.345 e. The molecule has 1 aromatic rings. The van der Waals surface area contributed by atoms with Crippen molar-refractivity contribution in [2.45, 2.75) is 6.92 Å². The van der Waals surface area contributed by atoms with Gasteiger partial charge in [-0.15, -0.1) is 0 Å². The van der Waals surface area contributed by atoms with E-state index < -0.39 is 11.0 Å². The number of carbonyl (C=O) groups is 1. The van der Waals surface area contributed by atoms with Gasteiger partial charge in [0.05, 0.1) is 4.92 Å². The van der Waals surface area contributed by atoms with Crippen LogP contribution in [0.15, 0.2) is 6.20 Å². The van der Waals surface area contributed by atoms with Gasteiger partial charge in [0, 0.05) is 6.54 Å². The maximum Gasteiger partial charge on any atom is 0.345 e. The standard InChI is InChI=1S/C6H9N5O3S/c1-2-8-5(12)10(7)6-9-3-4(15-6)11(13)14/h3H,2,7H2,1H3,(H,8,12). The van der Waals surface area contributed by atoms with Gasteiger partial charge < -0.3 is 5.32 Å². The molecule has 3 N–H and O–H groups in total. The van der Waals surface area contributed by atoms with Crippen molar-refractivity contribution in [3.05, 3.63) is 16.3 Å². The Morgan fingerprint density at radius 2 is 2.53 bits per heavy atom. The Kier molecular flexibility index (Phi) is 3.52. The molecule has 0 saturated heterocycles. The summed E-state index contributed by atoms with van der Waals surface area (Å²) >= 11 is 0.733. The van der Waals surface area contributed by atoms with Gasteiger partial charge in [-0.3, -0.25) is 10.1 Å². The Labute approximate surface area is 88.8 Å². The molecule has 0 fully saturated rings. The average Bonchev–Trinajstić information content (AvgIpc) is 2.65. The van der Waals surface area contributed by atoms with Crippen LogP contribution in [0.1, 0.15) is 6.92 Å². The number of amides is 2. The van der Waals surface area contributed by atoms with Crippen molar-refractivity contribution in [2.75, 3.05) is 11.6 Å². The first kappa shape index (κ1) is 11.3. The molecule has 0 saturated carbocycles. The van der Waals surface area contributed by atoms with Crippen molar-refractivity contribution in [3.63, 3.8) is 0 Å². The Morgan fingerprint density at radius 3 is 3.00 bits per heavy atom. The van der Waals surface area contributed by atoms with E-state index in [4.69, 9.17) is 5.84 Å². The van der Waals surface area contributed by atoms with Crippen LogP contribution in [0, 0.1) is 10.1 Å². The second-order valence-electron chi connectivity index (χ2n) is 2.44. The third-order valence-electron chi connectivity index (χ3n) is 1.41. The Bertz CT molecular complexity index is 379. The summed E-state index contributed by atoms with van der Waals surface area (Å²) in [5.74, 6) is 5.38. The highest BCUT2D eigenvalue weighted by Crippen LogP contribution is 2.26. The van der Waals surface area contributed by atoms with Crippen LogP contribution in [0.4, 0.5) is 14.9 Å². The molecule has 0 radical (unpaired) electrons. The Morgan fingerprint density at radius 1 is 1.87 bits per heavy atom. The molecule has 0 bridgehead atoms. The minimum absolute atomic E-state index is 0.0765. The molecular formula is C6H9N5O3S. The van der Waals surface area contributed by atoms with Crippen molar-refractivity contribution in [3.8, 4) is 0 Å². The second kappa shape index (κ2) is 4.66. The number of hydrazine groups is 1. The van der Waals surface area contributed by atoms with Crippen LogP contribution >= 0.6 is 11.3 Å². The molecule has 1 aromatic heterocycles. The number of hydrogen-bond donors (Lipinski definition) is 2. The first-order valence-electron chi connectivity index (χ1n) is 3.99. The number of nitrogens with zero attached hydrogens (tertiary/aromatic N) is 3. The zero-order valence-corrected chi connectivity index (χ0v) is 8.65. The lowest BCUT2D eigenvalue weighted by Gasteiger charge is -2.12. The minimum atomic E-state index is -0.591. The molecule has 0 atom stereocenters. The smallest absolute Gasteiger partial charge is 0.337 e. The van der Waals surface area contributed by atoms with E-state index in [1.54, 1.807) is 6.92 Å². The van der Waals surface area contributed by atoms with E-state index in [0.717, 1.165) is 22.5 Å². The summed E-state index contributed by atoms with van der Waals surface area (Å²) in [6.07, 6.45) is 1.05. The van der Waals surface area contributed by atoms with Gasteiger partial charge >= 0.3 is 11.0 Å². The van der Waals surface area contributed by atoms with Crippen LogP contribution < -0.4 is 16.2 Å². The van der Waals surface area contributed by atoms with Crippen LogP contribution in [0.25, 0.3) is 0 Å². The van der Waals surface area contributed by atoms with Crippen molar-refractivity contribution >= 4 is 27.5 Å². The average molecular weight is 231 g/mol. The van der Waals surface area contributed by atoms with Gasteiger partial charge in [-0.05, 0) is 18.3 Å². The fourth-order valence-corrected chi connectivity index (χ4v) is 1.43. The summed E-state index contributed by atoms with van der Waals surface area (Å²) in [6, 6.07) is -0.554. The van der Waals surface area contributed by atoms with Crippen LogP contribution in [0.3, 0.4) is 0 Å². The van der Waals surface area contributed by atoms with E-state index in [0.29, 0.717) is 6.54 Å². The summed E-state index contributed by atoms with van der Waals surface area (Å²) in [6.45, 7) is 2.15. The van der Waals surface area contributed by atoms with Gasteiger partial charge in [-0.25, -0.2) is 20.6 Å². The Balaban J connectivity index is 2.78. The van der Waals surface area contributed by atoms with Gasteiger partial charge in [-0.2, -0.15) is 0 Å². The predicted octanol–water partition coefficient (Wildman–Crippen LogP) is 0.461. The van der Waals surface area contributed by atoms with Gasteiger partial charge in [0.2, 0.25) is 5.13 Å². The minimum Gasteiger partial charge on any atom is -0.337 e. The highest BCUT2D eigenvalue weighted by Gasteiger charge is 2.18. The van der Waals surface area contributed by atoms with Crippen LogP contribution in [0.2, 0.25) is 0 Å². The summed E-state index contributed by atoms with van der Waals surface area (Å²) in [7, 11) is 0. The van der Waals surface area contributed by atoms with Gasteiger partial charge in [0.25, 0.3) is 0 Å². The van der Waals surface area contributed by atoms with E-state index in [1.807, 2.05) is 0 Å². The summed E-state index contributed by atoms with van der Waals surface area (Å²) < 4.78 is 0. The number of nitrogens with one attached hydrogen (secondary N) is 1. The first-order valence-corrected chi connectivity index (χ1v) is 4.80. The lowest BCUT2D eigenvalue weighted by atomic mass is 10.7. The number of thiazole rings is 1. The predicted molar refractivity (Wildman–Crippen MR) is 54.5 cm³/mol. The fourth-order valence-electron chi connectivity index (χ4n) is 0.776.